The normalized spacial score (nSPS) is 20.3. The van der Waals surface area contributed by atoms with E-state index in [1.54, 1.807) is 12.1 Å². The summed E-state index contributed by atoms with van der Waals surface area (Å²) in [6.07, 6.45) is 2.03. The number of benzene rings is 2. The van der Waals surface area contributed by atoms with E-state index in [1.165, 1.54) is 0 Å². The van der Waals surface area contributed by atoms with Crippen LogP contribution < -0.4 is 9.47 Å². The number of hydrogen-bond acceptors (Lipinski definition) is 3. The first kappa shape index (κ1) is 15.4. The summed E-state index contributed by atoms with van der Waals surface area (Å²) in [6, 6.07) is 10.5. The van der Waals surface area contributed by atoms with E-state index in [9.17, 15) is 8.78 Å². The van der Waals surface area contributed by atoms with Gasteiger partial charge >= 0.3 is 0 Å². The van der Waals surface area contributed by atoms with Crippen LogP contribution in [0.15, 0.2) is 36.4 Å². The number of ether oxygens (including phenoxy) is 2. The molecule has 24 heavy (non-hydrogen) atoms. The summed E-state index contributed by atoms with van der Waals surface area (Å²) >= 11 is 0. The zero-order valence-corrected chi connectivity index (χ0v) is 13.3. The second kappa shape index (κ2) is 6.40. The summed E-state index contributed by atoms with van der Waals surface area (Å²) in [5, 5.41) is 0. The van der Waals surface area contributed by atoms with Crippen molar-refractivity contribution in [1.29, 1.82) is 0 Å². The van der Waals surface area contributed by atoms with Gasteiger partial charge in [-0.25, -0.2) is 8.78 Å². The Kier molecular flexibility index (Phi) is 4.10. The van der Waals surface area contributed by atoms with Gasteiger partial charge in [-0.15, -0.1) is 0 Å². The van der Waals surface area contributed by atoms with Crippen LogP contribution in [0.25, 0.3) is 0 Å². The molecule has 126 valence electrons. The van der Waals surface area contributed by atoms with E-state index in [2.05, 4.69) is 4.90 Å². The topological polar surface area (TPSA) is 21.7 Å². The summed E-state index contributed by atoms with van der Waals surface area (Å²) in [7, 11) is 0. The summed E-state index contributed by atoms with van der Waals surface area (Å²) < 4.78 is 38.6. The van der Waals surface area contributed by atoms with Gasteiger partial charge in [0.1, 0.15) is 13.2 Å². The Bertz CT molecular complexity index is 750. The Balaban J connectivity index is 1.57. The molecule has 4 rings (SSSR count). The number of rotatable bonds is 3. The minimum absolute atomic E-state index is 0.184. The fraction of sp³-hybridized carbons (Fsp3) is 0.368. The molecule has 2 aromatic rings. The van der Waals surface area contributed by atoms with Crippen molar-refractivity contribution < 1.29 is 18.3 Å². The third-order valence-corrected chi connectivity index (χ3v) is 4.72. The van der Waals surface area contributed by atoms with Crippen LogP contribution in [-0.4, -0.2) is 24.7 Å². The molecule has 0 amide bonds. The lowest BCUT2D eigenvalue weighted by atomic mass is 10.0. The SMILES string of the molecule is Fc1cccc(CN2CCCC2c2ccc3c(c2)OCCO3)c1F. The van der Waals surface area contributed by atoms with Gasteiger partial charge in [-0.1, -0.05) is 18.2 Å². The fourth-order valence-corrected chi connectivity index (χ4v) is 3.55. The van der Waals surface area contributed by atoms with Crippen LogP contribution in [0, 0.1) is 11.6 Å². The molecule has 5 heteroatoms. The summed E-state index contributed by atoms with van der Waals surface area (Å²) in [6.45, 7) is 2.40. The predicted octanol–water partition coefficient (Wildman–Crippen LogP) is 4.07. The van der Waals surface area contributed by atoms with Gasteiger partial charge in [0.05, 0.1) is 0 Å². The van der Waals surface area contributed by atoms with Crippen LogP contribution in [0.2, 0.25) is 0 Å². The van der Waals surface area contributed by atoms with Crippen molar-refractivity contribution in [3.8, 4) is 11.5 Å². The zero-order chi connectivity index (χ0) is 16.5. The van der Waals surface area contributed by atoms with E-state index in [1.807, 2.05) is 18.2 Å². The van der Waals surface area contributed by atoms with Gasteiger partial charge in [0.15, 0.2) is 23.1 Å². The quantitative estimate of drug-likeness (QED) is 0.846. The number of likely N-dealkylation sites (tertiary alicyclic amines) is 1. The standard InChI is InChI=1S/C19H19F2NO2/c20-15-4-1-3-14(19(15)21)12-22-8-2-5-16(22)13-6-7-17-18(11-13)24-10-9-23-17/h1,3-4,6-7,11,16H,2,5,8-10,12H2. The second-order valence-corrected chi connectivity index (χ2v) is 6.24. The van der Waals surface area contributed by atoms with Gasteiger partial charge in [-0.3, -0.25) is 4.90 Å². The van der Waals surface area contributed by atoms with Crippen LogP contribution in [0.4, 0.5) is 8.78 Å². The Morgan fingerprint density at radius 3 is 2.75 bits per heavy atom. The molecule has 0 bridgehead atoms. The molecular formula is C19H19F2NO2. The van der Waals surface area contributed by atoms with E-state index < -0.39 is 11.6 Å². The molecule has 3 nitrogen and oxygen atoms in total. The molecule has 1 saturated heterocycles. The number of hydrogen-bond donors (Lipinski definition) is 0. The van der Waals surface area contributed by atoms with Crippen molar-refractivity contribution in [3.05, 3.63) is 59.2 Å². The molecule has 0 spiro atoms. The van der Waals surface area contributed by atoms with E-state index in [-0.39, 0.29) is 6.04 Å². The van der Waals surface area contributed by atoms with Crippen LogP contribution in [0.1, 0.15) is 30.0 Å². The Labute approximate surface area is 139 Å². The minimum atomic E-state index is -0.789. The molecule has 1 fully saturated rings. The lowest BCUT2D eigenvalue weighted by Crippen LogP contribution is -2.24. The monoisotopic (exact) mass is 331 g/mol. The van der Waals surface area contributed by atoms with E-state index >= 15 is 0 Å². The highest BCUT2D eigenvalue weighted by molar-refractivity contribution is 5.44. The van der Waals surface area contributed by atoms with Crippen molar-refractivity contribution in [3.63, 3.8) is 0 Å². The minimum Gasteiger partial charge on any atom is -0.486 e. The van der Waals surface area contributed by atoms with E-state index in [4.69, 9.17) is 9.47 Å². The molecule has 0 aromatic heterocycles. The Morgan fingerprint density at radius 1 is 1.04 bits per heavy atom. The number of halogens is 2. The average molecular weight is 331 g/mol. The van der Waals surface area contributed by atoms with Crippen molar-refractivity contribution in [2.24, 2.45) is 0 Å². The third-order valence-electron chi connectivity index (χ3n) is 4.72. The molecule has 0 saturated carbocycles. The maximum absolute atomic E-state index is 14.0. The maximum Gasteiger partial charge on any atom is 0.163 e. The van der Waals surface area contributed by atoms with Crippen molar-refractivity contribution in [2.75, 3.05) is 19.8 Å². The lowest BCUT2D eigenvalue weighted by molar-refractivity contribution is 0.170. The second-order valence-electron chi connectivity index (χ2n) is 6.24. The Hall–Kier alpha value is -2.14. The van der Waals surface area contributed by atoms with Crippen molar-refractivity contribution >= 4 is 0 Å². The molecule has 1 unspecified atom stereocenters. The molecule has 2 aliphatic rings. The number of nitrogens with zero attached hydrogens (tertiary/aromatic N) is 1. The maximum atomic E-state index is 14.0. The highest BCUT2D eigenvalue weighted by atomic mass is 19.2. The van der Waals surface area contributed by atoms with Gasteiger partial charge in [0, 0.05) is 18.2 Å². The van der Waals surface area contributed by atoms with Gasteiger partial charge in [0.2, 0.25) is 0 Å². The van der Waals surface area contributed by atoms with Gasteiger partial charge in [-0.2, -0.15) is 0 Å². The first-order valence-corrected chi connectivity index (χ1v) is 8.29. The molecule has 2 heterocycles. The Morgan fingerprint density at radius 2 is 1.88 bits per heavy atom. The van der Waals surface area contributed by atoms with E-state index in [0.29, 0.717) is 25.3 Å². The summed E-state index contributed by atoms with van der Waals surface area (Å²) in [5.74, 6) is 0.00107. The zero-order valence-electron chi connectivity index (χ0n) is 13.3. The molecule has 2 aromatic carbocycles. The van der Waals surface area contributed by atoms with Crippen LogP contribution in [0.5, 0.6) is 11.5 Å². The predicted molar refractivity (Wildman–Crippen MR) is 86.2 cm³/mol. The fourth-order valence-electron chi connectivity index (χ4n) is 3.55. The smallest absolute Gasteiger partial charge is 0.163 e. The van der Waals surface area contributed by atoms with Gasteiger partial charge < -0.3 is 9.47 Å². The van der Waals surface area contributed by atoms with Crippen molar-refractivity contribution in [1.82, 2.24) is 4.90 Å². The highest BCUT2D eigenvalue weighted by Crippen LogP contribution is 2.38. The van der Waals surface area contributed by atoms with E-state index in [0.717, 1.165) is 42.5 Å². The van der Waals surface area contributed by atoms with Crippen LogP contribution in [-0.2, 0) is 6.54 Å². The molecule has 0 radical (unpaired) electrons. The van der Waals surface area contributed by atoms with Crippen molar-refractivity contribution in [2.45, 2.75) is 25.4 Å². The highest BCUT2D eigenvalue weighted by Gasteiger charge is 2.28. The molecular weight excluding hydrogens is 312 g/mol. The lowest BCUT2D eigenvalue weighted by Gasteiger charge is -2.26. The molecule has 0 N–H and O–H groups in total. The van der Waals surface area contributed by atoms with Crippen LogP contribution >= 0.6 is 0 Å². The van der Waals surface area contributed by atoms with Gasteiger partial charge in [-0.05, 0) is 43.1 Å². The summed E-state index contributed by atoms with van der Waals surface area (Å²) in [4.78, 5) is 2.20. The average Bonchev–Trinajstić information content (AvgIpc) is 3.07. The summed E-state index contributed by atoms with van der Waals surface area (Å²) in [5.41, 5.74) is 1.54. The largest absolute Gasteiger partial charge is 0.486 e. The van der Waals surface area contributed by atoms with Crippen LogP contribution in [0.3, 0.4) is 0 Å². The third kappa shape index (κ3) is 2.84. The molecule has 2 aliphatic heterocycles. The number of fused-ring (bicyclic) bond motifs is 1. The molecule has 0 aliphatic carbocycles. The first-order chi connectivity index (χ1) is 11.7. The van der Waals surface area contributed by atoms with Gasteiger partial charge in [0.25, 0.3) is 0 Å². The molecule has 1 atom stereocenters. The first-order valence-electron chi connectivity index (χ1n) is 8.29.